The summed E-state index contributed by atoms with van der Waals surface area (Å²) >= 11 is 5.25. The smallest absolute Gasteiger partial charge is 0.166 e. The lowest BCUT2D eigenvalue weighted by molar-refractivity contribution is 0.246. The van der Waals surface area contributed by atoms with Crippen molar-refractivity contribution in [3.05, 3.63) is 0 Å². The molecule has 1 aliphatic rings. The van der Waals surface area contributed by atoms with Crippen LogP contribution in [-0.4, -0.2) is 42.7 Å². The van der Waals surface area contributed by atoms with Gasteiger partial charge in [0.05, 0.1) is 0 Å². The first-order valence-corrected chi connectivity index (χ1v) is 6.21. The fourth-order valence-corrected chi connectivity index (χ4v) is 1.94. The molecule has 3 nitrogen and oxygen atoms in total. The van der Waals surface area contributed by atoms with Gasteiger partial charge in [-0.3, -0.25) is 0 Å². The summed E-state index contributed by atoms with van der Waals surface area (Å²) in [6.07, 6.45) is 2.39. The van der Waals surface area contributed by atoms with E-state index in [1.54, 1.807) is 0 Å². The average Bonchev–Trinajstić information content (AvgIpc) is 2.19. The highest BCUT2D eigenvalue weighted by Gasteiger charge is 2.16. The molecule has 0 atom stereocenters. The highest BCUT2D eigenvalue weighted by Crippen LogP contribution is 2.07. The van der Waals surface area contributed by atoms with E-state index in [2.05, 4.69) is 36.4 Å². The van der Waals surface area contributed by atoms with Crippen molar-refractivity contribution < 1.29 is 0 Å². The standard InChI is InChI=1S/C11H23N3S/c1-9(2)8-12-11(15)13-10-4-6-14(3)7-5-10/h9-10H,4-8H2,1-3H3,(H2,12,13,15). The van der Waals surface area contributed by atoms with E-state index < -0.39 is 0 Å². The second-order valence-corrected chi connectivity index (χ2v) is 5.23. The molecule has 0 aliphatic carbocycles. The summed E-state index contributed by atoms with van der Waals surface area (Å²) in [5, 5.41) is 7.45. The van der Waals surface area contributed by atoms with Crippen molar-refractivity contribution >= 4 is 17.3 Å². The van der Waals surface area contributed by atoms with Crippen molar-refractivity contribution in [3.63, 3.8) is 0 Å². The lowest BCUT2D eigenvalue weighted by atomic mass is 10.1. The molecule has 0 aromatic rings. The summed E-state index contributed by atoms with van der Waals surface area (Å²) in [6.45, 7) is 7.67. The van der Waals surface area contributed by atoms with Crippen LogP contribution in [0.15, 0.2) is 0 Å². The molecule has 1 aliphatic heterocycles. The Morgan fingerprint density at radius 1 is 1.40 bits per heavy atom. The fraction of sp³-hybridized carbons (Fsp3) is 0.909. The maximum absolute atomic E-state index is 5.25. The van der Waals surface area contributed by atoms with Gasteiger partial charge in [0.1, 0.15) is 0 Å². The predicted molar refractivity (Wildman–Crippen MR) is 69.1 cm³/mol. The Bertz CT molecular complexity index is 198. The van der Waals surface area contributed by atoms with Crippen LogP contribution in [0.4, 0.5) is 0 Å². The van der Waals surface area contributed by atoms with Gasteiger partial charge in [-0.25, -0.2) is 0 Å². The Balaban J connectivity index is 2.15. The normalized spacial score (nSPS) is 19.2. The third kappa shape index (κ3) is 5.33. The first kappa shape index (κ1) is 12.7. The summed E-state index contributed by atoms with van der Waals surface area (Å²) in [7, 11) is 2.17. The predicted octanol–water partition coefficient (Wildman–Crippen LogP) is 1.20. The molecule has 0 amide bonds. The van der Waals surface area contributed by atoms with E-state index >= 15 is 0 Å². The highest BCUT2D eigenvalue weighted by atomic mass is 32.1. The second kappa shape index (κ2) is 6.28. The van der Waals surface area contributed by atoms with Gasteiger partial charge in [-0.05, 0) is 51.1 Å². The van der Waals surface area contributed by atoms with Crippen LogP contribution in [-0.2, 0) is 0 Å². The molecule has 0 aromatic carbocycles. The quantitative estimate of drug-likeness (QED) is 0.711. The molecule has 4 heteroatoms. The monoisotopic (exact) mass is 229 g/mol. The van der Waals surface area contributed by atoms with Gasteiger partial charge in [0.15, 0.2) is 5.11 Å². The lowest BCUT2D eigenvalue weighted by Crippen LogP contribution is -2.47. The Hall–Kier alpha value is -0.350. The number of thiocarbonyl (C=S) groups is 1. The van der Waals surface area contributed by atoms with Gasteiger partial charge >= 0.3 is 0 Å². The van der Waals surface area contributed by atoms with Crippen LogP contribution in [0.3, 0.4) is 0 Å². The number of rotatable bonds is 3. The van der Waals surface area contributed by atoms with Crippen LogP contribution in [0.2, 0.25) is 0 Å². The molecule has 0 saturated carbocycles. The van der Waals surface area contributed by atoms with Gasteiger partial charge in [0, 0.05) is 12.6 Å². The largest absolute Gasteiger partial charge is 0.362 e. The Morgan fingerprint density at radius 2 is 2.00 bits per heavy atom. The molecule has 2 N–H and O–H groups in total. The number of nitrogens with one attached hydrogen (secondary N) is 2. The Labute approximate surface area is 98.6 Å². The average molecular weight is 229 g/mol. The molecule has 0 spiro atoms. The molecule has 0 aromatic heterocycles. The molecule has 1 fully saturated rings. The van der Waals surface area contributed by atoms with Crippen LogP contribution in [0.25, 0.3) is 0 Å². The molecule has 0 radical (unpaired) electrons. The highest BCUT2D eigenvalue weighted by molar-refractivity contribution is 7.80. The number of hydrogen-bond donors (Lipinski definition) is 2. The topological polar surface area (TPSA) is 27.3 Å². The van der Waals surface area contributed by atoms with E-state index in [9.17, 15) is 0 Å². The summed E-state index contributed by atoms with van der Waals surface area (Å²) < 4.78 is 0. The van der Waals surface area contributed by atoms with Crippen molar-refractivity contribution in [1.82, 2.24) is 15.5 Å². The number of nitrogens with zero attached hydrogens (tertiary/aromatic N) is 1. The van der Waals surface area contributed by atoms with Crippen molar-refractivity contribution in [2.45, 2.75) is 32.7 Å². The molecule has 1 heterocycles. The van der Waals surface area contributed by atoms with Gasteiger partial charge in [-0.1, -0.05) is 13.8 Å². The van der Waals surface area contributed by atoms with Crippen LogP contribution in [0, 0.1) is 5.92 Å². The number of hydrogen-bond acceptors (Lipinski definition) is 2. The van der Waals surface area contributed by atoms with Crippen molar-refractivity contribution in [3.8, 4) is 0 Å². The SMILES string of the molecule is CC(C)CNC(=S)NC1CCN(C)CC1. The zero-order chi connectivity index (χ0) is 11.3. The van der Waals surface area contributed by atoms with Crippen LogP contribution < -0.4 is 10.6 Å². The number of piperidine rings is 1. The number of likely N-dealkylation sites (tertiary alicyclic amines) is 1. The van der Waals surface area contributed by atoms with Gasteiger partial charge < -0.3 is 15.5 Å². The van der Waals surface area contributed by atoms with E-state index in [-0.39, 0.29) is 0 Å². The summed E-state index contributed by atoms with van der Waals surface area (Å²) in [5.41, 5.74) is 0. The fourth-order valence-electron chi connectivity index (χ4n) is 1.69. The van der Waals surface area contributed by atoms with Gasteiger partial charge in [-0.15, -0.1) is 0 Å². The van der Waals surface area contributed by atoms with Crippen LogP contribution >= 0.6 is 12.2 Å². The van der Waals surface area contributed by atoms with Gasteiger partial charge in [0.2, 0.25) is 0 Å². The molecular weight excluding hydrogens is 206 g/mol. The van der Waals surface area contributed by atoms with Crippen molar-refractivity contribution in [2.24, 2.45) is 5.92 Å². The maximum atomic E-state index is 5.25. The van der Waals surface area contributed by atoms with Crippen LogP contribution in [0.5, 0.6) is 0 Å². The van der Waals surface area contributed by atoms with E-state index in [1.807, 2.05) is 0 Å². The molecule has 1 rings (SSSR count). The van der Waals surface area contributed by atoms with Crippen molar-refractivity contribution in [1.29, 1.82) is 0 Å². The summed E-state index contributed by atoms with van der Waals surface area (Å²) in [5.74, 6) is 0.641. The first-order chi connectivity index (χ1) is 7.08. The van der Waals surface area contributed by atoms with Crippen LogP contribution in [0.1, 0.15) is 26.7 Å². The molecule has 15 heavy (non-hydrogen) atoms. The minimum absolute atomic E-state index is 0.563. The first-order valence-electron chi connectivity index (χ1n) is 5.81. The molecular formula is C11H23N3S. The second-order valence-electron chi connectivity index (χ2n) is 4.83. The Morgan fingerprint density at radius 3 is 2.53 bits per heavy atom. The van der Waals surface area contributed by atoms with Gasteiger partial charge in [0.25, 0.3) is 0 Å². The zero-order valence-electron chi connectivity index (χ0n) is 10.0. The maximum Gasteiger partial charge on any atom is 0.166 e. The summed E-state index contributed by atoms with van der Waals surface area (Å²) in [6, 6.07) is 0.563. The van der Waals surface area contributed by atoms with Crippen molar-refractivity contribution in [2.75, 3.05) is 26.7 Å². The lowest BCUT2D eigenvalue weighted by Gasteiger charge is -2.30. The minimum atomic E-state index is 0.563. The van der Waals surface area contributed by atoms with E-state index in [0.717, 1.165) is 11.7 Å². The molecule has 1 saturated heterocycles. The van der Waals surface area contributed by atoms with E-state index in [4.69, 9.17) is 12.2 Å². The minimum Gasteiger partial charge on any atom is -0.362 e. The zero-order valence-corrected chi connectivity index (χ0v) is 10.9. The third-order valence-electron chi connectivity index (χ3n) is 2.72. The van der Waals surface area contributed by atoms with Gasteiger partial charge in [-0.2, -0.15) is 0 Å². The molecule has 0 unspecified atom stereocenters. The molecule has 88 valence electrons. The van der Waals surface area contributed by atoms with E-state index in [0.29, 0.717) is 12.0 Å². The van der Waals surface area contributed by atoms with E-state index in [1.165, 1.54) is 25.9 Å². The Kier molecular flexibility index (Phi) is 5.32. The third-order valence-corrected chi connectivity index (χ3v) is 2.99. The molecule has 0 bridgehead atoms. The summed E-state index contributed by atoms with van der Waals surface area (Å²) in [4.78, 5) is 2.36.